The number of aliphatic hydroxyl groups excluding tert-OH is 2. The van der Waals surface area contributed by atoms with E-state index in [2.05, 4.69) is 9.97 Å². The quantitative estimate of drug-likeness (QED) is 0.403. The van der Waals surface area contributed by atoms with Gasteiger partial charge in [-0.25, -0.2) is 9.97 Å². The third-order valence-electron chi connectivity index (χ3n) is 5.55. The first kappa shape index (κ1) is 24.6. The lowest BCUT2D eigenvalue weighted by molar-refractivity contribution is -0.105. The molecular weight excluding hydrogens is 407 g/mol. The molecule has 2 rings (SSSR count). The molecule has 2 aromatic heterocycles. The Morgan fingerprint density at radius 2 is 2.00 bits per heavy atom. The third kappa shape index (κ3) is 5.74. The maximum Gasteiger partial charge on any atom is 0.511 e. The van der Waals surface area contributed by atoms with Crippen LogP contribution in [0.3, 0.4) is 0 Å². The molecule has 30 heavy (non-hydrogen) atoms. The van der Waals surface area contributed by atoms with E-state index >= 15 is 0 Å². The third-order valence-corrected chi connectivity index (χ3v) is 7.50. The zero-order valence-corrected chi connectivity index (χ0v) is 19.1. The monoisotopic (exact) mass is 441 g/mol. The van der Waals surface area contributed by atoms with Gasteiger partial charge in [0.25, 0.3) is 0 Å². The summed E-state index contributed by atoms with van der Waals surface area (Å²) in [5.74, 6) is 0.327. The average molecular weight is 441 g/mol. The molecule has 0 aromatic carbocycles. The van der Waals surface area contributed by atoms with Crippen molar-refractivity contribution in [3.05, 3.63) is 18.6 Å². The minimum Gasteiger partial charge on any atom is -0.394 e. The Labute approximate surface area is 178 Å². The van der Waals surface area contributed by atoms with E-state index in [1.807, 2.05) is 27.7 Å². The number of fused-ring (bicyclic) bond motifs is 1. The highest BCUT2D eigenvalue weighted by molar-refractivity contribution is 7.40. The van der Waals surface area contributed by atoms with Gasteiger partial charge in [-0.1, -0.05) is 20.8 Å². The second-order valence-electron chi connectivity index (χ2n) is 7.63. The predicted molar refractivity (Wildman–Crippen MR) is 116 cm³/mol. The summed E-state index contributed by atoms with van der Waals surface area (Å²) < 4.78 is 26.1. The molecule has 0 fully saturated rings. The van der Waals surface area contributed by atoms with Gasteiger partial charge >= 0.3 is 8.03 Å². The van der Waals surface area contributed by atoms with E-state index in [-0.39, 0.29) is 12.3 Å². The Kier molecular flexibility index (Phi) is 9.12. The first-order valence-electron chi connectivity index (χ1n) is 10.4. The summed E-state index contributed by atoms with van der Waals surface area (Å²) in [6.45, 7) is 7.68. The van der Waals surface area contributed by atoms with E-state index < -0.39 is 32.6 Å². The summed E-state index contributed by atoms with van der Waals surface area (Å²) in [5.41, 5.74) is 5.81. The number of aromatic nitrogens is 3. The molecule has 0 aliphatic heterocycles. The summed E-state index contributed by atoms with van der Waals surface area (Å²) in [5, 5.41) is 20.5. The Hall–Kier alpha value is -1.64. The summed E-state index contributed by atoms with van der Waals surface area (Å²) in [6.07, 6.45) is 3.77. The van der Waals surface area contributed by atoms with Gasteiger partial charge in [-0.05, 0) is 36.8 Å². The standard InChI is InChI=1S/C20H34N4O5P/c1-5-14(6-2)30(27)29-20(4,7-3)9-11-28-19(16(26)12-25)24-10-8-15-17(21)22-13-23-18(15)24/h8,10,13-14,16,19,25-26H,5-7,9,11-12H2,1-4H3,(H2,21,22,23)/q+1/t16-,19?,20?/m1/s1. The van der Waals surface area contributed by atoms with Crippen LogP contribution in [0, 0.1) is 0 Å². The lowest BCUT2D eigenvalue weighted by Gasteiger charge is -2.27. The molecule has 168 valence electrons. The molecule has 0 aliphatic carbocycles. The van der Waals surface area contributed by atoms with Crippen molar-refractivity contribution in [3.63, 3.8) is 0 Å². The highest BCUT2D eigenvalue weighted by Crippen LogP contribution is 2.41. The van der Waals surface area contributed by atoms with Gasteiger partial charge in [0.05, 0.1) is 18.6 Å². The molecule has 0 amide bonds. The van der Waals surface area contributed by atoms with Crippen molar-refractivity contribution in [2.45, 2.75) is 77.0 Å². The first-order chi connectivity index (χ1) is 14.3. The number of nitrogen functional groups attached to an aromatic ring is 1. The van der Waals surface area contributed by atoms with Crippen LogP contribution in [0.2, 0.25) is 0 Å². The van der Waals surface area contributed by atoms with E-state index in [9.17, 15) is 14.8 Å². The Bertz CT molecular complexity index is 829. The number of rotatable bonds is 13. The summed E-state index contributed by atoms with van der Waals surface area (Å²) in [7, 11) is -1.78. The van der Waals surface area contributed by atoms with Gasteiger partial charge in [0.2, 0.25) is 0 Å². The van der Waals surface area contributed by atoms with Crippen LogP contribution in [-0.4, -0.2) is 55.3 Å². The summed E-state index contributed by atoms with van der Waals surface area (Å²) in [4.78, 5) is 8.19. The van der Waals surface area contributed by atoms with Gasteiger partial charge in [0.15, 0.2) is 11.9 Å². The maximum atomic E-state index is 12.6. The van der Waals surface area contributed by atoms with Gasteiger partial charge in [0, 0.05) is 12.6 Å². The second-order valence-corrected chi connectivity index (χ2v) is 9.11. The maximum absolute atomic E-state index is 12.6. The van der Waals surface area contributed by atoms with Crippen LogP contribution < -0.4 is 5.73 Å². The molecular formula is C20H34N4O5P+. The zero-order chi connectivity index (χ0) is 22.3. The van der Waals surface area contributed by atoms with Crippen molar-refractivity contribution in [3.8, 4) is 0 Å². The molecule has 2 aromatic rings. The van der Waals surface area contributed by atoms with Crippen molar-refractivity contribution < 1.29 is 24.0 Å². The number of anilines is 1. The van der Waals surface area contributed by atoms with Crippen molar-refractivity contribution in [1.82, 2.24) is 14.5 Å². The minimum atomic E-state index is -1.78. The topological polar surface area (TPSA) is 133 Å². The fourth-order valence-corrected chi connectivity index (χ4v) is 4.62. The van der Waals surface area contributed by atoms with E-state index in [1.54, 1.807) is 16.8 Å². The van der Waals surface area contributed by atoms with Crippen molar-refractivity contribution in [1.29, 1.82) is 0 Å². The minimum absolute atomic E-state index is 0.0344. The average Bonchev–Trinajstić information content (AvgIpc) is 3.16. The van der Waals surface area contributed by atoms with Crippen LogP contribution in [0.5, 0.6) is 0 Å². The van der Waals surface area contributed by atoms with Crippen molar-refractivity contribution in [2.75, 3.05) is 18.9 Å². The van der Waals surface area contributed by atoms with Gasteiger partial charge < -0.3 is 25.3 Å². The van der Waals surface area contributed by atoms with Crippen LogP contribution in [0.25, 0.3) is 11.0 Å². The molecule has 10 heteroatoms. The van der Waals surface area contributed by atoms with E-state index in [1.165, 1.54) is 6.33 Å². The number of nitrogens with zero attached hydrogens (tertiary/aromatic N) is 3. The van der Waals surface area contributed by atoms with Crippen molar-refractivity contribution >= 4 is 24.9 Å². The molecule has 3 unspecified atom stereocenters. The second kappa shape index (κ2) is 11.1. The Balaban J connectivity index is 2.12. The number of nitrogens with two attached hydrogens (primary N) is 1. The van der Waals surface area contributed by atoms with E-state index in [0.29, 0.717) is 29.7 Å². The number of ether oxygens (including phenoxy) is 1. The predicted octanol–water partition coefficient (Wildman–Crippen LogP) is 3.39. The van der Waals surface area contributed by atoms with Crippen LogP contribution in [0.4, 0.5) is 5.82 Å². The highest BCUT2D eigenvalue weighted by Gasteiger charge is 2.39. The molecule has 0 aliphatic rings. The summed E-state index contributed by atoms with van der Waals surface area (Å²) in [6, 6.07) is 1.74. The fourth-order valence-electron chi connectivity index (χ4n) is 3.22. The van der Waals surface area contributed by atoms with Crippen molar-refractivity contribution in [2.24, 2.45) is 0 Å². The fraction of sp³-hybridized carbons (Fsp3) is 0.700. The number of aliphatic hydroxyl groups is 2. The number of hydrogen-bond acceptors (Lipinski definition) is 8. The molecule has 4 atom stereocenters. The molecule has 0 saturated carbocycles. The SMILES string of the molecule is CCC(CC)[P+](=O)OC(C)(CC)CCOC([C@H](O)CO)n1ccc2c(N)ncnc21. The van der Waals surface area contributed by atoms with E-state index in [0.717, 1.165) is 12.8 Å². The molecule has 0 bridgehead atoms. The van der Waals surface area contributed by atoms with Gasteiger partial charge in [0.1, 0.15) is 29.5 Å². The normalized spacial score (nSPS) is 16.6. The zero-order valence-electron chi connectivity index (χ0n) is 18.2. The molecule has 0 radical (unpaired) electrons. The summed E-state index contributed by atoms with van der Waals surface area (Å²) >= 11 is 0. The van der Waals surface area contributed by atoms with Gasteiger partial charge in [-0.2, -0.15) is 0 Å². The number of hydrogen-bond donors (Lipinski definition) is 3. The first-order valence-corrected chi connectivity index (χ1v) is 11.7. The Morgan fingerprint density at radius 1 is 1.30 bits per heavy atom. The smallest absolute Gasteiger partial charge is 0.394 e. The van der Waals surface area contributed by atoms with E-state index in [4.69, 9.17) is 15.0 Å². The molecule has 2 heterocycles. The van der Waals surface area contributed by atoms with Crippen LogP contribution in [0.15, 0.2) is 18.6 Å². The Morgan fingerprint density at radius 3 is 2.60 bits per heavy atom. The molecule has 9 nitrogen and oxygen atoms in total. The van der Waals surface area contributed by atoms with Gasteiger partial charge in [-0.15, -0.1) is 4.52 Å². The lowest BCUT2D eigenvalue weighted by atomic mass is 10.0. The molecule has 0 saturated heterocycles. The van der Waals surface area contributed by atoms with Gasteiger partial charge in [-0.3, -0.25) is 0 Å². The molecule has 4 N–H and O–H groups in total. The van der Waals surface area contributed by atoms with Crippen LogP contribution >= 0.6 is 8.03 Å². The highest BCUT2D eigenvalue weighted by atomic mass is 31.1. The lowest BCUT2D eigenvalue weighted by Crippen LogP contribution is -2.33. The molecule has 0 spiro atoms. The van der Waals surface area contributed by atoms with Crippen LogP contribution in [-0.2, 0) is 13.8 Å². The van der Waals surface area contributed by atoms with Crippen LogP contribution in [0.1, 0.15) is 59.6 Å². The largest absolute Gasteiger partial charge is 0.511 e.